The minimum absolute atomic E-state index is 0.00894. The van der Waals surface area contributed by atoms with E-state index in [1.54, 1.807) is 4.57 Å². The standard InChI is InChI=1S/C28H34N6O2/c1-3-20-17-31-26-21(9-10-22-25(26)27-23(18-29-22)32(2)28(35)34(20)27)19-8-11-24(30-16-19)36-15-7-14-33-12-5-4-6-13-33/h8-11,16,18,20,31H,3-7,12-15,17H2,1-2H3/t20-/m0/s1. The Bertz CT molecular complexity index is 1450. The molecule has 1 saturated heterocycles. The van der Waals surface area contributed by atoms with E-state index in [0.29, 0.717) is 19.0 Å². The first kappa shape index (κ1) is 23.0. The highest BCUT2D eigenvalue weighted by Crippen LogP contribution is 2.40. The van der Waals surface area contributed by atoms with Gasteiger partial charge in [0.25, 0.3) is 0 Å². The van der Waals surface area contributed by atoms with Crippen LogP contribution in [-0.2, 0) is 7.05 Å². The maximum absolute atomic E-state index is 13.1. The van der Waals surface area contributed by atoms with Crippen LogP contribution in [0, 0.1) is 0 Å². The molecule has 36 heavy (non-hydrogen) atoms. The van der Waals surface area contributed by atoms with Crippen LogP contribution in [0.3, 0.4) is 0 Å². The van der Waals surface area contributed by atoms with E-state index in [1.807, 2.05) is 36.1 Å². The average Bonchev–Trinajstić information content (AvgIpc) is 3.06. The maximum atomic E-state index is 13.1. The Morgan fingerprint density at radius 1 is 1.08 bits per heavy atom. The first-order valence-electron chi connectivity index (χ1n) is 13.2. The Labute approximate surface area is 210 Å². The van der Waals surface area contributed by atoms with Crippen molar-refractivity contribution in [3.8, 4) is 17.0 Å². The zero-order valence-corrected chi connectivity index (χ0v) is 21.2. The summed E-state index contributed by atoms with van der Waals surface area (Å²) in [5, 5.41) is 4.65. The highest BCUT2D eigenvalue weighted by atomic mass is 16.5. The van der Waals surface area contributed by atoms with Gasteiger partial charge in [-0.15, -0.1) is 0 Å². The molecule has 1 aromatic carbocycles. The molecule has 4 aromatic rings. The maximum Gasteiger partial charge on any atom is 0.329 e. The highest BCUT2D eigenvalue weighted by Gasteiger charge is 2.26. The zero-order valence-electron chi connectivity index (χ0n) is 21.2. The molecule has 3 aromatic heterocycles. The summed E-state index contributed by atoms with van der Waals surface area (Å²) in [5.41, 5.74) is 5.79. The van der Waals surface area contributed by atoms with Crippen LogP contribution < -0.4 is 15.7 Å². The molecule has 1 fully saturated rings. The van der Waals surface area contributed by atoms with Gasteiger partial charge >= 0.3 is 5.69 Å². The number of likely N-dealkylation sites (tertiary alicyclic amines) is 1. The van der Waals surface area contributed by atoms with Gasteiger partial charge in [0.2, 0.25) is 5.88 Å². The van der Waals surface area contributed by atoms with E-state index in [0.717, 1.165) is 58.1 Å². The Morgan fingerprint density at radius 2 is 1.94 bits per heavy atom. The lowest BCUT2D eigenvalue weighted by molar-refractivity contribution is 0.203. The van der Waals surface area contributed by atoms with Gasteiger partial charge in [0.05, 0.1) is 46.5 Å². The first-order valence-corrected chi connectivity index (χ1v) is 13.2. The molecule has 0 radical (unpaired) electrons. The zero-order chi connectivity index (χ0) is 24.6. The number of piperidine rings is 1. The summed E-state index contributed by atoms with van der Waals surface area (Å²) in [6.45, 7) is 7.02. The summed E-state index contributed by atoms with van der Waals surface area (Å²) in [6.07, 6.45) is 9.58. The normalized spacial score (nSPS) is 18.0. The van der Waals surface area contributed by atoms with E-state index in [1.165, 1.54) is 32.4 Å². The smallest absolute Gasteiger partial charge is 0.329 e. The topological polar surface area (TPSA) is 77.2 Å². The molecule has 0 unspecified atom stereocenters. The van der Waals surface area contributed by atoms with Crippen LogP contribution in [0.2, 0.25) is 0 Å². The molecule has 0 saturated carbocycles. The molecular weight excluding hydrogens is 452 g/mol. The fourth-order valence-electron chi connectivity index (χ4n) is 5.78. The van der Waals surface area contributed by atoms with Gasteiger partial charge in [-0.1, -0.05) is 19.4 Å². The van der Waals surface area contributed by atoms with Crippen LogP contribution in [0.1, 0.15) is 45.1 Å². The van der Waals surface area contributed by atoms with Crippen LogP contribution >= 0.6 is 0 Å². The van der Waals surface area contributed by atoms with Crippen LogP contribution in [0.15, 0.2) is 41.5 Å². The second kappa shape index (κ2) is 9.58. The van der Waals surface area contributed by atoms with Crippen molar-refractivity contribution < 1.29 is 4.74 Å². The Kier molecular flexibility index (Phi) is 6.13. The lowest BCUT2D eigenvalue weighted by Gasteiger charge is -2.26. The van der Waals surface area contributed by atoms with E-state index < -0.39 is 0 Å². The van der Waals surface area contributed by atoms with Gasteiger partial charge < -0.3 is 15.0 Å². The van der Waals surface area contributed by atoms with E-state index in [4.69, 9.17) is 4.74 Å². The molecule has 1 atom stereocenters. The van der Waals surface area contributed by atoms with Crippen LogP contribution in [0.25, 0.3) is 33.1 Å². The third-order valence-corrected chi connectivity index (χ3v) is 7.80. The number of aryl methyl sites for hydroxylation is 1. The van der Waals surface area contributed by atoms with Gasteiger partial charge in [-0.25, -0.2) is 9.78 Å². The van der Waals surface area contributed by atoms with Crippen LogP contribution in [0.4, 0.5) is 5.69 Å². The molecule has 2 aliphatic rings. The number of benzene rings is 1. The van der Waals surface area contributed by atoms with Gasteiger partial charge in [0.15, 0.2) is 0 Å². The van der Waals surface area contributed by atoms with Gasteiger partial charge in [-0.3, -0.25) is 14.1 Å². The number of hydrogen-bond donors (Lipinski definition) is 1. The summed E-state index contributed by atoms with van der Waals surface area (Å²) < 4.78 is 9.61. The summed E-state index contributed by atoms with van der Waals surface area (Å²) in [6, 6.07) is 8.23. The number of nitrogens with zero attached hydrogens (tertiary/aromatic N) is 5. The molecule has 0 amide bonds. The number of pyridine rings is 2. The highest BCUT2D eigenvalue weighted by molar-refractivity contribution is 6.13. The third-order valence-electron chi connectivity index (χ3n) is 7.80. The second-order valence-corrected chi connectivity index (χ2v) is 10.0. The molecular formula is C28H34N6O2. The van der Waals surface area contributed by atoms with Crippen molar-refractivity contribution in [3.05, 3.63) is 47.1 Å². The Morgan fingerprint density at radius 3 is 2.72 bits per heavy atom. The van der Waals surface area contributed by atoms with E-state index in [9.17, 15) is 4.79 Å². The number of aromatic nitrogens is 4. The minimum atomic E-state index is 0.00894. The monoisotopic (exact) mass is 486 g/mol. The number of ether oxygens (including phenoxy) is 1. The average molecular weight is 487 g/mol. The van der Waals surface area contributed by atoms with Crippen molar-refractivity contribution >= 4 is 27.6 Å². The quantitative estimate of drug-likeness (QED) is 0.385. The molecule has 8 nitrogen and oxygen atoms in total. The number of nitrogens with one attached hydrogen (secondary N) is 1. The Balaban J connectivity index is 1.29. The fourth-order valence-corrected chi connectivity index (χ4v) is 5.78. The van der Waals surface area contributed by atoms with Crippen molar-refractivity contribution in [2.45, 2.75) is 45.1 Å². The van der Waals surface area contributed by atoms with Crippen molar-refractivity contribution in [3.63, 3.8) is 0 Å². The van der Waals surface area contributed by atoms with Crippen molar-refractivity contribution in [2.24, 2.45) is 7.05 Å². The van der Waals surface area contributed by atoms with Crippen LogP contribution in [0.5, 0.6) is 5.88 Å². The van der Waals surface area contributed by atoms with E-state index in [-0.39, 0.29) is 11.7 Å². The lowest BCUT2D eigenvalue weighted by Crippen LogP contribution is -2.31. The third kappa shape index (κ3) is 3.93. The molecule has 188 valence electrons. The predicted molar refractivity (Wildman–Crippen MR) is 144 cm³/mol. The summed E-state index contributed by atoms with van der Waals surface area (Å²) in [4.78, 5) is 25.0. The van der Waals surface area contributed by atoms with Gasteiger partial charge in [-0.05, 0) is 50.9 Å². The number of imidazole rings is 1. The SMILES string of the molecule is CC[C@H]1CNc2c(-c3ccc(OCCCN4CCCCC4)nc3)ccc3ncc4c(c23)n1c(=O)n4C. The fraction of sp³-hybridized carbons (Fsp3) is 0.464. The summed E-state index contributed by atoms with van der Waals surface area (Å²) in [7, 11) is 1.83. The number of hydrogen-bond acceptors (Lipinski definition) is 6. The van der Waals surface area contributed by atoms with Crippen molar-refractivity contribution in [1.82, 2.24) is 24.0 Å². The Hall–Kier alpha value is -3.39. The second-order valence-electron chi connectivity index (χ2n) is 10.0. The van der Waals surface area contributed by atoms with Gasteiger partial charge in [0.1, 0.15) is 0 Å². The van der Waals surface area contributed by atoms with Crippen molar-refractivity contribution in [1.29, 1.82) is 0 Å². The number of anilines is 1. The molecule has 0 spiro atoms. The molecule has 2 aliphatic heterocycles. The van der Waals surface area contributed by atoms with Crippen molar-refractivity contribution in [2.75, 3.05) is 38.1 Å². The molecule has 0 bridgehead atoms. The van der Waals surface area contributed by atoms with Gasteiger partial charge in [-0.2, -0.15) is 0 Å². The predicted octanol–water partition coefficient (Wildman–Crippen LogP) is 4.58. The van der Waals surface area contributed by atoms with Crippen LogP contribution in [-0.4, -0.2) is 56.8 Å². The van der Waals surface area contributed by atoms with Gasteiger partial charge in [0, 0.05) is 43.5 Å². The molecule has 8 heteroatoms. The molecule has 0 aliphatic carbocycles. The van der Waals surface area contributed by atoms with E-state index >= 15 is 0 Å². The minimum Gasteiger partial charge on any atom is -0.478 e. The molecule has 1 N–H and O–H groups in total. The largest absolute Gasteiger partial charge is 0.478 e. The lowest BCUT2D eigenvalue weighted by atomic mass is 10.0. The summed E-state index contributed by atoms with van der Waals surface area (Å²) in [5.74, 6) is 0.656. The number of rotatable bonds is 7. The molecule has 5 heterocycles. The van der Waals surface area contributed by atoms with E-state index in [2.05, 4.69) is 39.2 Å². The molecule has 6 rings (SSSR count). The summed E-state index contributed by atoms with van der Waals surface area (Å²) >= 11 is 0. The first-order chi connectivity index (χ1) is 17.7.